The first-order valence-corrected chi connectivity index (χ1v) is 8.36. The Hall–Kier alpha value is -0.710. The molecule has 0 saturated carbocycles. The smallest absolute Gasteiger partial charge is 0.339 e. The third kappa shape index (κ3) is 4.88. The molecule has 0 amide bonds. The Morgan fingerprint density at radius 2 is 1.94 bits per heavy atom. The van der Waals surface area contributed by atoms with Gasteiger partial charge in [-0.2, -0.15) is 16.8 Å². The van der Waals surface area contributed by atoms with Gasteiger partial charge in [0.05, 0.1) is 6.61 Å². The van der Waals surface area contributed by atoms with Crippen LogP contribution in [0.3, 0.4) is 0 Å². The van der Waals surface area contributed by atoms with E-state index in [1.807, 2.05) is 6.92 Å². The van der Waals surface area contributed by atoms with Crippen molar-refractivity contribution in [3.63, 3.8) is 0 Å². The van der Waals surface area contributed by atoms with E-state index in [1.165, 1.54) is 0 Å². The zero-order valence-electron chi connectivity index (χ0n) is 9.70. The summed E-state index contributed by atoms with van der Waals surface area (Å²) in [6.07, 6.45) is -0.170. The van der Waals surface area contributed by atoms with Gasteiger partial charge in [-0.1, -0.05) is 13.3 Å². The SMILES string of the molecule is CCCCOC(=O)C1COS(=O)(=O)CS(=O)(=O)O1. The second-order valence-electron chi connectivity index (χ2n) is 3.62. The van der Waals surface area contributed by atoms with E-state index in [0.29, 0.717) is 6.42 Å². The molecular formula is C8H14O8S2. The summed E-state index contributed by atoms with van der Waals surface area (Å²) in [5, 5.41) is -1.31. The third-order valence-corrected chi connectivity index (χ3v) is 5.29. The van der Waals surface area contributed by atoms with Gasteiger partial charge in [0.15, 0.2) is 6.10 Å². The average molecular weight is 302 g/mol. The van der Waals surface area contributed by atoms with E-state index in [9.17, 15) is 21.6 Å². The fraction of sp³-hybridized carbons (Fsp3) is 0.875. The highest BCUT2D eigenvalue weighted by atomic mass is 32.3. The minimum absolute atomic E-state index is 0.113. The number of esters is 1. The van der Waals surface area contributed by atoms with Gasteiger partial charge >= 0.3 is 5.97 Å². The standard InChI is InChI=1S/C8H14O8S2/c1-2-3-4-14-8(9)7-5-15-17(10,11)6-18(12,13)16-7/h7H,2-6H2,1H3. The molecular weight excluding hydrogens is 288 g/mol. The zero-order valence-corrected chi connectivity index (χ0v) is 11.3. The maximum atomic E-state index is 11.4. The number of carbonyl (C=O) groups excluding carboxylic acids is 1. The summed E-state index contributed by atoms with van der Waals surface area (Å²) in [7, 11) is -8.60. The van der Waals surface area contributed by atoms with E-state index in [4.69, 9.17) is 4.74 Å². The average Bonchev–Trinajstić information content (AvgIpc) is 2.33. The summed E-state index contributed by atoms with van der Waals surface area (Å²) >= 11 is 0. The van der Waals surface area contributed by atoms with Gasteiger partial charge in [0.25, 0.3) is 20.2 Å². The fourth-order valence-corrected chi connectivity index (χ4v) is 3.85. The molecule has 0 aromatic carbocycles. The Bertz CT molecular complexity index is 491. The molecule has 1 heterocycles. The Morgan fingerprint density at radius 1 is 1.28 bits per heavy atom. The molecule has 1 aliphatic heterocycles. The van der Waals surface area contributed by atoms with Gasteiger partial charge in [0, 0.05) is 0 Å². The van der Waals surface area contributed by atoms with Crippen molar-refractivity contribution in [2.75, 3.05) is 18.3 Å². The van der Waals surface area contributed by atoms with Crippen molar-refractivity contribution in [1.29, 1.82) is 0 Å². The second-order valence-corrected chi connectivity index (χ2v) is 7.23. The van der Waals surface area contributed by atoms with Crippen molar-refractivity contribution in [3.8, 4) is 0 Å². The normalized spacial score (nSPS) is 26.2. The summed E-state index contributed by atoms with van der Waals surface area (Å²) < 4.78 is 58.1. The van der Waals surface area contributed by atoms with Crippen molar-refractivity contribution in [3.05, 3.63) is 0 Å². The summed E-state index contributed by atoms with van der Waals surface area (Å²) in [5.74, 6) is -0.955. The van der Waals surface area contributed by atoms with E-state index in [1.54, 1.807) is 0 Å². The van der Waals surface area contributed by atoms with Gasteiger partial charge in [0.2, 0.25) is 5.08 Å². The van der Waals surface area contributed by atoms with Crippen LogP contribution in [-0.4, -0.2) is 47.2 Å². The monoisotopic (exact) mass is 302 g/mol. The highest BCUT2D eigenvalue weighted by Gasteiger charge is 2.37. The molecule has 1 unspecified atom stereocenters. The van der Waals surface area contributed by atoms with E-state index in [-0.39, 0.29) is 6.61 Å². The lowest BCUT2D eigenvalue weighted by Crippen LogP contribution is -2.31. The first-order chi connectivity index (χ1) is 8.26. The quantitative estimate of drug-likeness (QED) is 0.383. The molecule has 1 aliphatic rings. The molecule has 8 nitrogen and oxygen atoms in total. The molecule has 0 radical (unpaired) electrons. The van der Waals surface area contributed by atoms with Gasteiger partial charge in [-0.25, -0.2) is 4.79 Å². The summed E-state index contributed by atoms with van der Waals surface area (Å²) in [6, 6.07) is 0. The van der Waals surface area contributed by atoms with Crippen LogP contribution in [0.5, 0.6) is 0 Å². The predicted octanol–water partition coefficient (Wildman–Crippen LogP) is -0.638. The molecule has 0 aromatic rings. The molecule has 0 aliphatic carbocycles. The molecule has 0 N–H and O–H groups in total. The fourth-order valence-electron chi connectivity index (χ4n) is 1.13. The van der Waals surface area contributed by atoms with Crippen LogP contribution in [0.4, 0.5) is 0 Å². The lowest BCUT2D eigenvalue weighted by Gasteiger charge is -2.11. The number of unbranched alkanes of at least 4 members (excludes halogenated alkanes) is 1. The van der Waals surface area contributed by atoms with E-state index < -0.39 is 44.0 Å². The third-order valence-electron chi connectivity index (χ3n) is 1.96. The van der Waals surface area contributed by atoms with E-state index >= 15 is 0 Å². The van der Waals surface area contributed by atoms with Crippen molar-refractivity contribution < 1.29 is 34.7 Å². The van der Waals surface area contributed by atoms with E-state index in [2.05, 4.69) is 8.37 Å². The molecule has 1 atom stereocenters. The number of ether oxygens (including phenoxy) is 1. The lowest BCUT2D eigenvalue weighted by atomic mass is 10.3. The predicted molar refractivity (Wildman–Crippen MR) is 59.4 cm³/mol. The molecule has 0 bridgehead atoms. The molecule has 0 spiro atoms. The van der Waals surface area contributed by atoms with E-state index in [0.717, 1.165) is 6.42 Å². The first kappa shape index (κ1) is 15.3. The maximum Gasteiger partial charge on any atom is 0.339 e. The van der Waals surface area contributed by atoms with Crippen LogP contribution in [0.15, 0.2) is 0 Å². The number of rotatable bonds is 4. The van der Waals surface area contributed by atoms with Gasteiger partial charge in [0.1, 0.15) is 6.61 Å². The minimum Gasteiger partial charge on any atom is -0.464 e. The first-order valence-electron chi connectivity index (χ1n) is 5.20. The summed E-state index contributed by atoms with van der Waals surface area (Å²) in [6.45, 7) is 1.30. The molecule has 1 saturated heterocycles. The number of hydrogen-bond acceptors (Lipinski definition) is 8. The van der Waals surface area contributed by atoms with Gasteiger partial charge in [-0.05, 0) is 6.42 Å². The van der Waals surface area contributed by atoms with Gasteiger partial charge in [-0.3, -0.25) is 8.37 Å². The van der Waals surface area contributed by atoms with Crippen molar-refractivity contribution in [1.82, 2.24) is 0 Å². The van der Waals surface area contributed by atoms with Gasteiger partial charge < -0.3 is 4.74 Å². The van der Waals surface area contributed by atoms with Crippen molar-refractivity contribution in [2.24, 2.45) is 0 Å². The summed E-state index contributed by atoms with van der Waals surface area (Å²) in [5.41, 5.74) is 0. The van der Waals surface area contributed by atoms with Crippen molar-refractivity contribution in [2.45, 2.75) is 25.9 Å². The maximum absolute atomic E-state index is 11.4. The van der Waals surface area contributed by atoms with Crippen LogP contribution in [-0.2, 0) is 38.1 Å². The van der Waals surface area contributed by atoms with Crippen LogP contribution < -0.4 is 0 Å². The Labute approximate surface area is 105 Å². The highest BCUT2D eigenvalue weighted by Crippen LogP contribution is 2.14. The Morgan fingerprint density at radius 3 is 2.56 bits per heavy atom. The molecule has 106 valence electrons. The van der Waals surface area contributed by atoms with Crippen LogP contribution in [0, 0.1) is 0 Å². The molecule has 1 fully saturated rings. The summed E-state index contributed by atoms with van der Waals surface area (Å²) in [4.78, 5) is 11.4. The number of carbonyl (C=O) groups is 1. The topological polar surface area (TPSA) is 113 Å². The Kier molecular flexibility index (Phi) is 5.08. The number of hydrogen-bond donors (Lipinski definition) is 0. The highest BCUT2D eigenvalue weighted by molar-refractivity contribution is 8.03. The minimum atomic E-state index is -4.37. The Balaban J connectivity index is 2.70. The van der Waals surface area contributed by atoms with Crippen LogP contribution >= 0.6 is 0 Å². The second kappa shape index (κ2) is 5.95. The van der Waals surface area contributed by atoms with Crippen molar-refractivity contribution >= 4 is 26.2 Å². The van der Waals surface area contributed by atoms with Crippen LogP contribution in [0.1, 0.15) is 19.8 Å². The van der Waals surface area contributed by atoms with Crippen LogP contribution in [0.25, 0.3) is 0 Å². The largest absolute Gasteiger partial charge is 0.464 e. The lowest BCUT2D eigenvalue weighted by molar-refractivity contribution is -0.153. The molecule has 18 heavy (non-hydrogen) atoms. The molecule has 10 heteroatoms. The van der Waals surface area contributed by atoms with Gasteiger partial charge in [-0.15, -0.1) is 0 Å². The van der Waals surface area contributed by atoms with Crippen LogP contribution in [0.2, 0.25) is 0 Å². The molecule has 1 rings (SSSR count). The zero-order chi connectivity index (χ0) is 13.8. The molecule has 0 aromatic heterocycles.